The molecule has 0 saturated heterocycles. The van der Waals surface area contributed by atoms with Crippen LogP contribution in [0, 0.1) is 29.0 Å². The van der Waals surface area contributed by atoms with Gasteiger partial charge in [0.05, 0.1) is 5.69 Å². The van der Waals surface area contributed by atoms with Crippen LogP contribution < -0.4 is 10.6 Å². The first-order valence-corrected chi connectivity index (χ1v) is 9.38. The second kappa shape index (κ2) is 8.67. The summed E-state index contributed by atoms with van der Waals surface area (Å²) in [6.07, 6.45) is 7.94. The van der Waals surface area contributed by atoms with E-state index in [-0.39, 0.29) is 11.6 Å². The van der Waals surface area contributed by atoms with E-state index in [1.165, 1.54) is 48.9 Å². The summed E-state index contributed by atoms with van der Waals surface area (Å²) in [6.45, 7) is 2.80. The van der Waals surface area contributed by atoms with Gasteiger partial charge in [-0.15, -0.1) is 5.10 Å². The Labute approximate surface area is 158 Å². The number of amides is 2. The lowest BCUT2D eigenvalue weighted by atomic mass is 9.81. The quantitative estimate of drug-likeness (QED) is 0.828. The summed E-state index contributed by atoms with van der Waals surface area (Å²) in [5.41, 5.74) is 0.245. The third-order valence-corrected chi connectivity index (χ3v) is 5.22. The number of nitrogens with one attached hydrogen (secondary N) is 2. The van der Waals surface area contributed by atoms with Crippen molar-refractivity contribution in [2.45, 2.75) is 39.0 Å². The van der Waals surface area contributed by atoms with E-state index in [0.717, 1.165) is 0 Å². The molecule has 2 amide bonds. The second-order valence-electron chi connectivity index (χ2n) is 7.10. The number of aromatic nitrogens is 2. The maximum Gasteiger partial charge on any atom is 0.320 e. The highest BCUT2D eigenvalue weighted by molar-refractivity contribution is 5.88. The Morgan fingerprint density at radius 3 is 2.89 bits per heavy atom. The van der Waals surface area contributed by atoms with Crippen LogP contribution in [0.2, 0.25) is 0 Å². The molecule has 0 spiro atoms. The Morgan fingerprint density at radius 1 is 1.37 bits per heavy atom. The first-order chi connectivity index (χ1) is 13.1. The van der Waals surface area contributed by atoms with E-state index >= 15 is 0 Å². The Hall–Kier alpha value is -2.88. The predicted octanol–water partition coefficient (Wildman–Crippen LogP) is 4.22. The van der Waals surface area contributed by atoms with Crippen molar-refractivity contribution in [3.05, 3.63) is 41.8 Å². The fourth-order valence-corrected chi connectivity index (χ4v) is 3.62. The molecule has 0 aliphatic heterocycles. The Kier molecular flexibility index (Phi) is 6.07. The van der Waals surface area contributed by atoms with Crippen molar-refractivity contribution in [2.24, 2.45) is 11.8 Å². The van der Waals surface area contributed by atoms with Gasteiger partial charge in [0, 0.05) is 18.8 Å². The van der Waals surface area contributed by atoms with E-state index in [1.54, 1.807) is 18.3 Å². The van der Waals surface area contributed by atoms with E-state index in [0.29, 0.717) is 29.9 Å². The summed E-state index contributed by atoms with van der Waals surface area (Å²) in [7, 11) is 0. The van der Waals surface area contributed by atoms with E-state index in [9.17, 15) is 9.18 Å². The van der Waals surface area contributed by atoms with E-state index in [1.807, 2.05) is 6.07 Å². The van der Waals surface area contributed by atoms with Gasteiger partial charge in [0.25, 0.3) is 0 Å². The van der Waals surface area contributed by atoms with Crippen LogP contribution in [-0.2, 0) is 0 Å². The number of rotatable bonds is 5. The molecule has 142 valence electrons. The van der Waals surface area contributed by atoms with E-state index in [4.69, 9.17) is 5.26 Å². The normalized spacial score (nSPS) is 15.7. The number of benzene rings is 1. The van der Waals surface area contributed by atoms with Crippen molar-refractivity contribution < 1.29 is 9.18 Å². The average molecular weight is 369 g/mol. The number of nitrogens with zero attached hydrogens (tertiary/aromatic N) is 3. The molecule has 1 saturated carbocycles. The zero-order valence-corrected chi connectivity index (χ0v) is 15.4. The fourth-order valence-electron chi connectivity index (χ4n) is 3.62. The summed E-state index contributed by atoms with van der Waals surface area (Å²) < 4.78 is 15.1. The number of halogens is 1. The van der Waals surface area contributed by atoms with Gasteiger partial charge in [-0.1, -0.05) is 45.1 Å². The smallest absolute Gasteiger partial charge is 0.320 e. The minimum absolute atomic E-state index is 0.0853. The third kappa shape index (κ3) is 4.64. The Morgan fingerprint density at radius 2 is 2.15 bits per heavy atom. The van der Waals surface area contributed by atoms with E-state index in [2.05, 4.69) is 22.7 Å². The van der Waals surface area contributed by atoms with Gasteiger partial charge in [-0.3, -0.25) is 5.32 Å². The van der Waals surface area contributed by atoms with Crippen LogP contribution in [0.25, 0.3) is 5.69 Å². The molecule has 1 atom stereocenters. The van der Waals surface area contributed by atoms with Gasteiger partial charge in [0.2, 0.25) is 0 Å². The number of carbonyl (C=O) groups is 1. The first-order valence-electron chi connectivity index (χ1n) is 9.38. The molecule has 1 aliphatic carbocycles. The zero-order valence-electron chi connectivity index (χ0n) is 15.4. The lowest BCUT2D eigenvalue weighted by Crippen LogP contribution is -2.35. The van der Waals surface area contributed by atoms with Gasteiger partial charge >= 0.3 is 6.03 Å². The minimum atomic E-state index is -0.602. The molecule has 0 bridgehead atoms. The van der Waals surface area contributed by atoms with Crippen molar-refractivity contribution >= 4 is 11.8 Å². The maximum absolute atomic E-state index is 13.7. The molecular weight excluding hydrogens is 345 g/mol. The molecule has 0 radical (unpaired) electrons. The van der Waals surface area contributed by atoms with Crippen molar-refractivity contribution in [1.29, 1.82) is 5.26 Å². The maximum atomic E-state index is 13.7. The van der Waals surface area contributed by atoms with Crippen molar-refractivity contribution in [3.8, 4) is 11.8 Å². The van der Waals surface area contributed by atoms with Crippen LogP contribution in [0.1, 0.15) is 44.6 Å². The van der Waals surface area contributed by atoms with Crippen LogP contribution in [-0.4, -0.2) is 22.4 Å². The highest BCUT2D eigenvalue weighted by Crippen LogP contribution is 2.29. The molecule has 3 rings (SSSR count). The lowest BCUT2D eigenvalue weighted by molar-refractivity contribution is 0.237. The number of nitriles is 1. The molecule has 6 nitrogen and oxygen atoms in total. The van der Waals surface area contributed by atoms with Gasteiger partial charge in [0.15, 0.2) is 5.82 Å². The molecule has 27 heavy (non-hydrogen) atoms. The SMILES string of the molecule is CC(CNC(=O)Nc1ccn(-c2cccc(F)c2C#N)n1)C1CCCCC1. The predicted molar refractivity (Wildman–Crippen MR) is 101 cm³/mol. The minimum Gasteiger partial charge on any atom is -0.338 e. The molecule has 2 N–H and O–H groups in total. The monoisotopic (exact) mass is 369 g/mol. The molecule has 1 fully saturated rings. The molecule has 7 heteroatoms. The summed E-state index contributed by atoms with van der Waals surface area (Å²) in [5, 5.41) is 18.9. The molecule has 1 aromatic carbocycles. The van der Waals surface area contributed by atoms with Gasteiger partial charge in [0.1, 0.15) is 17.4 Å². The highest BCUT2D eigenvalue weighted by atomic mass is 19.1. The second-order valence-corrected chi connectivity index (χ2v) is 7.10. The fraction of sp³-hybridized carbons (Fsp3) is 0.450. The molecular formula is C20H24FN5O. The van der Waals surface area contributed by atoms with Crippen LogP contribution in [0.4, 0.5) is 15.0 Å². The van der Waals surface area contributed by atoms with Gasteiger partial charge < -0.3 is 5.32 Å². The topological polar surface area (TPSA) is 82.7 Å². The highest BCUT2D eigenvalue weighted by Gasteiger charge is 2.20. The summed E-state index contributed by atoms with van der Waals surface area (Å²) in [6, 6.07) is 7.47. The van der Waals surface area contributed by atoms with Gasteiger partial charge in [-0.2, -0.15) is 5.26 Å². The molecule has 1 heterocycles. The molecule has 2 aromatic rings. The zero-order chi connectivity index (χ0) is 19.2. The standard InChI is InChI=1S/C20H24FN5O/c1-14(15-6-3-2-4-7-15)13-23-20(27)24-19-10-11-26(25-19)18-9-5-8-17(21)16(18)12-22/h5,8-11,14-15H,2-4,6-7,13H2,1H3,(H2,23,24,25,27). The van der Waals surface area contributed by atoms with Crippen molar-refractivity contribution in [1.82, 2.24) is 15.1 Å². The molecule has 1 aliphatic rings. The van der Waals surface area contributed by atoms with Gasteiger partial charge in [-0.25, -0.2) is 13.9 Å². The number of urea groups is 1. The third-order valence-electron chi connectivity index (χ3n) is 5.22. The van der Waals surface area contributed by atoms with Crippen LogP contribution in [0.5, 0.6) is 0 Å². The average Bonchev–Trinajstić information content (AvgIpc) is 3.14. The van der Waals surface area contributed by atoms with E-state index < -0.39 is 5.82 Å². The molecule has 1 aromatic heterocycles. The van der Waals surface area contributed by atoms with Crippen LogP contribution in [0.15, 0.2) is 30.5 Å². The van der Waals surface area contributed by atoms with Crippen molar-refractivity contribution in [2.75, 3.05) is 11.9 Å². The Bertz CT molecular complexity index is 835. The van der Waals surface area contributed by atoms with Crippen LogP contribution in [0.3, 0.4) is 0 Å². The van der Waals surface area contributed by atoms with Crippen molar-refractivity contribution in [3.63, 3.8) is 0 Å². The Balaban J connectivity index is 1.57. The molecule has 1 unspecified atom stereocenters. The van der Waals surface area contributed by atoms with Crippen LogP contribution >= 0.6 is 0 Å². The largest absolute Gasteiger partial charge is 0.338 e. The summed E-state index contributed by atoms with van der Waals surface area (Å²) in [5.74, 6) is 0.857. The number of carbonyl (C=O) groups excluding carboxylic acids is 1. The number of hydrogen-bond acceptors (Lipinski definition) is 3. The van der Waals surface area contributed by atoms with Gasteiger partial charge in [-0.05, 0) is 24.0 Å². The lowest BCUT2D eigenvalue weighted by Gasteiger charge is -2.27. The summed E-state index contributed by atoms with van der Waals surface area (Å²) >= 11 is 0. The number of hydrogen-bond donors (Lipinski definition) is 2. The first kappa shape index (κ1) is 18.9. The number of anilines is 1. The summed E-state index contributed by atoms with van der Waals surface area (Å²) in [4.78, 5) is 12.1.